The Morgan fingerprint density at radius 3 is 1.34 bits per heavy atom. The fraction of sp³-hybridized carbons (Fsp3) is 0. The molecule has 1 aromatic heterocycles. The van der Waals surface area contributed by atoms with E-state index in [2.05, 4.69) is 299 Å². The molecular weight excluding hydrogens is 859 g/mol. The van der Waals surface area contributed by atoms with E-state index in [9.17, 15) is 0 Å². The van der Waals surface area contributed by atoms with Crippen LogP contribution in [0.1, 0.15) is 0 Å². The second kappa shape index (κ2) is 17.9. The number of benzene rings is 12. The lowest BCUT2D eigenvalue weighted by molar-refractivity contribution is 1.18. The molecule has 1 heterocycles. The molecule has 0 bridgehead atoms. The van der Waals surface area contributed by atoms with E-state index in [0.29, 0.717) is 0 Å². The minimum absolute atomic E-state index is 1.08. The van der Waals surface area contributed by atoms with Crippen LogP contribution in [0.15, 0.2) is 285 Å². The summed E-state index contributed by atoms with van der Waals surface area (Å²) in [5, 5.41) is 7.21. The van der Waals surface area contributed by atoms with Crippen molar-refractivity contribution in [2.24, 2.45) is 0 Å². The first-order valence-corrected chi connectivity index (χ1v) is 24.3. The topological polar surface area (TPSA) is 11.4 Å². The highest BCUT2D eigenvalue weighted by molar-refractivity contribution is 6.11. The minimum Gasteiger partial charge on any atom is -0.310 e. The van der Waals surface area contributed by atoms with Crippen LogP contribution in [0, 0.1) is 0 Å². The first-order chi connectivity index (χ1) is 35.2. The molecular formula is C68H47N3. The maximum Gasteiger partial charge on any atom is 0.0542 e. The third-order valence-electron chi connectivity index (χ3n) is 14.0. The van der Waals surface area contributed by atoms with E-state index < -0.39 is 0 Å². The van der Waals surface area contributed by atoms with Gasteiger partial charge in [0.2, 0.25) is 0 Å². The highest BCUT2D eigenvalue weighted by atomic mass is 15.1. The second-order valence-electron chi connectivity index (χ2n) is 18.1. The highest BCUT2D eigenvalue weighted by Crippen LogP contribution is 2.46. The van der Waals surface area contributed by atoms with Crippen molar-refractivity contribution in [2.45, 2.75) is 0 Å². The lowest BCUT2D eigenvalue weighted by Crippen LogP contribution is -2.11. The van der Waals surface area contributed by atoms with Crippen LogP contribution in [0.3, 0.4) is 0 Å². The molecule has 3 heteroatoms. The molecule has 0 radical (unpaired) electrons. The summed E-state index contributed by atoms with van der Waals surface area (Å²) in [7, 11) is 0. The average Bonchev–Trinajstić information content (AvgIpc) is 3.78. The van der Waals surface area contributed by atoms with Crippen molar-refractivity contribution in [1.29, 1.82) is 0 Å². The van der Waals surface area contributed by atoms with Crippen molar-refractivity contribution in [3.63, 3.8) is 0 Å². The van der Waals surface area contributed by atoms with Crippen molar-refractivity contribution in [3.8, 4) is 39.1 Å². The standard InChI is InChI=1S/C68H47N3/c1-4-17-48(18-5-1)50-31-37-55(38-32-50)69(58-43-45-68-64(47-58)63-28-14-15-29-66(63)70(68)54-23-8-3-9-24-54)56-41-35-53(36-42-56)59-44-46-67(62-27-13-12-26-61(59)62)71(65-30-16-22-52-21-10-11-25-60(52)65)57-39-33-51(34-40-57)49-19-6-2-7-20-49/h1-47H. The first-order valence-electron chi connectivity index (χ1n) is 24.3. The van der Waals surface area contributed by atoms with Gasteiger partial charge in [-0.1, -0.05) is 200 Å². The molecule has 0 spiro atoms. The molecule has 13 aromatic rings. The van der Waals surface area contributed by atoms with E-state index in [1.165, 1.54) is 71.2 Å². The summed E-state index contributed by atoms with van der Waals surface area (Å²) in [6.45, 7) is 0. The van der Waals surface area contributed by atoms with Crippen molar-refractivity contribution < 1.29 is 0 Å². The van der Waals surface area contributed by atoms with Crippen LogP contribution in [0.5, 0.6) is 0 Å². The molecule has 0 atom stereocenters. The van der Waals surface area contributed by atoms with Crippen molar-refractivity contribution in [3.05, 3.63) is 285 Å². The van der Waals surface area contributed by atoms with E-state index in [1.807, 2.05) is 0 Å². The normalized spacial score (nSPS) is 11.4. The number of anilines is 6. The average molecular weight is 906 g/mol. The number of rotatable bonds is 10. The van der Waals surface area contributed by atoms with Crippen LogP contribution in [0.25, 0.3) is 82.4 Å². The highest BCUT2D eigenvalue weighted by Gasteiger charge is 2.21. The van der Waals surface area contributed by atoms with Crippen LogP contribution in [-0.4, -0.2) is 4.57 Å². The zero-order valence-corrected chi connectivity index (χ0v) is 39.0. The summed E-state index contributed by atoms with van der Waals surface area (Å²) in [4.78, 5) is 4.82. The number of nitrogens with zero attached hydrogens (tertiary/aromatic N) is 3. The number of aromatic nitrogens is 1. The molecule has 0 aliphatic carbocycles. The van der Waals surface area contributed by atoms with Gasteiger partial charge in [-0.15, -0.1) is 0 Å². The third kappa shape index (κ3) is 7.58. The van der Waals surface area contributed by atoms with Crippen molar-refractivity contribution >= 4 is 77.5 Å². The predicted octanol–water partition coefficient (Wildman–Crippen LogP) is 19.0. The monoisotopic (exact) mass is 905 g/mol. The summed E-state index contributed by atoms with van der Waals surface area (Å²) in [5.74, 6) is 0. The molecule has 0 saturated heterocycles. The summed E-state index contributed by atoms with van der Waals surface area (Å²) in [6.07, 6.45) is 0. The molecule has 12 aromatic carbocycles. The van der Waals surface area contributed by atoms with Crippen molar-refractivity contribution in [1.82, 2.24) is 4.57 Å². The fourth-order valence-electron chi connectivity index (χ4n) is 10.6. The Kier molecular flexibility index (Phi) is 10.5. The van der Waals surface area contributed by atoms with E-state index in [-0.39, 0.29) is 0 Å². The van der Waals surface area contributed by atoms with Gasteiger partial charge in [-0.05, 0) is 129 Å². The molecule has 0 amide bonds. The van der Waals surface area contributed by atoms with Crippen LogP contribution >= 0.6 is 0 Å². The smallest absolute Gasteiger partial charge is 0.0542 e. The molecule has 0 unspecified atom stereocenters. The van der Waals surface area contributed by atoms with Crippen LogP contribution in [0.4, 0.5) is 34.1 Å². The molecule has 0 N–H and O–H groups in total. The van der Waals surface area contributed by atoms with Gasteiger partial charge in [0, 0.05) is 50.0 Å². The predicted molar refractivity (Wildman–Crippen MR) is 301 cm³/mol. The fourth-order valence-corrected chi connectivity index (χ4v) is 10.6. The van der Waals surface area contributed by atoms with Gasteiger partial charge in [-0.3, -0.25) is 0 Å². The molecule has 0 aliphatic rings. The van der Waals surface area contributed by atoms with E-state index in [1.54, 1.807) is 0 Å². The van der Waals surface area contributed by atoms with Gasteiger partial charge in [0.15, 0.2) is 0 Å². The second-order valence-corrected chi connectivity index (χ2v) is 18.1. The number of hydrogen-bond acceptors (Lipinski definition) is 2. The zero-order valence-electron chi connectivity index (χ0n) is 39.0. The molecule has 71 heavy (non-hydrogen) atoms. The molecule has 0 saturated carbocycles. The Labute approximate surface area is 414 Å². The van der Waals surface area contributed by atoms with Gasteiger partial charge >= 0.3 is 0 Å². The third-order valence-corrected chi connectivity index (χ3v) is 14.0. The largest absolute Gasteiger partial charge is 0.310 e. The molecule has 0 aliphatic heterocycles. The molecule has 3 nitrogen and oxygen atoms in total. The first kappa shape index (κ1) is 41.7. The minimum atomic E-state index is 1.08. The van der Waals surface area contributed by atoms with Gasteiger partial charge in [0.25, 0.3) is 0 Å². The van der Waals surface area contributed by atoms with Gasteiger partial charge in [0.1, 0.15) is 0 Å². The Balaban J connectivity index is 0.926. The number of para-hydroxylation sites is 2. The molecule has 0 fully saturated rings. The quantitative estimate of drug-likeness (QED) is 0.135. The lowest BCUT2D eigenvalue weighted by Gasteiger charge is -2.29. The Morgan fingerprint density at radius 1 is 0.239 bits per heavy atom. The Hall–Kier alpha value is -9.44. The van der Waals surface area contributed by atoms with E-state index in [4.69, 9.17) is 0 Å². The summed E-state index contributed by atoms with van der Waals surface area (Å²) in [6, 6.07) is 103. The molecule has 13 rings (SSSR count). The SMILES string of the molecule is c1ccc(-c2ccc(N(c3ccc(-c4ccc(N(c5ccc(-c6ccccc6)cc5)c5cccc6ccccc56)c5ccccc45)cc3)c3ccc4c(c3)c3ccccc3n4-c3ccccc3)cc2)cc1. The van der Waals surface area contributed by atoms with Gasteiger partial charge < -0.3 is 14.4 Å². The maximum atomic E-state index is 2.43. The van der Waals surface area contributed by atoms with Crippen LogP contribution in [-0.2, 0) is 0 Å². The summed E-state index contributed by atoms with van der Waals surface area (Å²) in [5.41, 5.74) is 17.2. The lowest BCUT2D eigenvalue weighted by atomic mass is 9.95. The van der Waals surface area contributed by atoms with Gasteiger partial charge in [-0.25, -0.2) is 0 Å². The summed E-state index contributed by atoms with van der Waals surface area (Å²) >= 11 is 0. The Bertz CT molecular complexity index is 4010. The summed E-state index contributed by atoms with van der Waals surface area (Å²) < 4.78 is 2.38. The van der Waals surface area contributed by atoms with Gasteiger partial charge in [0.05, 0.1) is 22.4 Å². The Morgan fingerprint density at radius 2 is 0.690 bits per heavy atom. The zero-order chi connectivity index (χ0) is 47.1. The van der Waals surface area contributed by atoms with E-state index >= 15 is 0 Å². The van der Waals surface area contributed by atoms with Crippen molar-refractivity contribution in [2.75, 3.05) is 9.80 Å². The number of fused-ring (bicyclic) bond motifs is 5. The van der Waals surface area contributed by atoms with Crippen LogP contribution < -0.4 is 9.80 Å². The van der Waals surface area contributed by atoms with Gasteiger partial charge in [-0.2, -0.15) is 0 Å². The maximum absolute atomic E-state index is 2.43. The van der Waals surface area contributed by atoms with E-state index in [0.717, 1.165) is 45.4 Å². The number of hydrogen-bond donors (Lipinski definition) is 0. The molecule has 334 valence electrons. The van der Waals surface area contributed by atoms with Crippen LogP contribution in [0.2, 0.25) is 0 Å².